The molecule has 2 amide bonds. The Balaban J connectivity index is 1.68. The number of amides is 2. The van der Waals surface area contributed by atoms with Crippen LogP contribution in [0.1, 0.15) is 44.6 Å². The summed E-state index contributed by atoms with van der Waals surface area (Å²) in [4.78, 5) is 27.9. The first-order valence-electron chi connectivity index (χ1n) is 9.68. The first-order chi connectivity index (χ1) is 13.0. The molecule has 1 aliphatic carbocycles. The molecule has 1 heterocycles. The normalized spacial score (nSPS) is 26.8. The van der Waals surface area contributed by atoms with Crippen molar-refractivity contribution in [2.24, 2.45) is 5.92 Å². The van der Waals surface area contributed by atoms with Crippen molar-refractivity contribution in [3.63, 3.8) is 0 Å². The van der Waals surface area contributed by atoms with E-state index in [4.69, 9.17) is 11.6 Å². The molecule has 1 aromatic carbocycles. The van der Waals surface area contributed by atoms with Crippen molar-refractivity contribution in [2.45, 2.75) is 50.3 Å². The number of benzene rings is 1. The fourth-order valence-electron chi connectivity index (χ4n) is 3.82. The molecule has 0 bridgehead atoms. The summed E-state index contributed by atoms with van der Waals surface area (Å²) in [5.74, 6) is 0.193. The van der Waals surface area contributed by atoms with Gasteiger partial charge in [-0.15, -0.1) is 11.8 Å². The number of thioether (sulfide) groups is 1. The van der Waals surface area contributed by atoms with Gasteiger partial charge in [-0.1, -0.05) is 37.1 Å². The minimum Gasteiger partial charge on any atom is -0.356 e. The van der Waals surface area contributed by atoms with Crippen LogP contribution in [0, 0.1) is 5.92 Å². The molecule has 146 valence electrons. The second kappa shape index (κ2) is 9.16. The lowest BCUT2D eigenvalue weighted by Gasteiger charge is -2.44. The van der Waals surface area contributed by atoms with Gasteiger partial charge in [0.1, 0.15) is 0 Å². The molecule has 3 unspecified atom stereocenters. The maximum atomic E-state index is 12.9. The first kappa shape index (κ1) is 20.3. The van der Waals surface area contributed by atoms with Crippen LogP contribution in [0.3, 0.4) is 0 Å². The molecule has 1 aromatic rings. The van der Waals surface area contributed by atoms with Crippen molar-refractivity contribution < 1.29 is 9.59 Å². The molecule has 0 radical (unpaired) electrons. The third-order valence-corrected chi connectivity index (χ3v) is 7.04. The third kappa shape index (κ3) is 4.88. The molecule has 3 atom stereocenters. The highest BCUT2D eigenvalue weighted by Crippen LogP contribution is 2.43. The van der Waals surface area contributed by atoms with Gasteiger partial charge < -0.3 is 10.2 Å². The molecule has 2 aliphatic rings. The molecule has 1 N–H and O–H groups in total. The fraction of sp³-hybridized carbons (Fsp3) is 0.524. The summed E-state index contributed by atoms with van der Waals surface area (Å²) in [5.41, 5.74) is 0.939. The summed E-state index contributed by atoms with van der Waals surface area (Å²) < 4.78 is 0. The van der Waals surface area contributed by atoms with Gasteiger partial charge in [-0.3, -0.25) is 9.59 Å². The number of fused-ring (bicyclic) bond motifs is 1. The molecule has 2 fully saturated rings. The number of hydrogen-bond donors (Lipinski definition) is 1. The number of hydrogen-bond acceptors (Lipinski definition) is 3. The van der Waals surface area contributed by atoms with Gasteiger partial charge in [0.25, 0.3) is 5.91 Å². The lowest BCUT2D eigenvalue weighted by atomic mass is 9.83. The Labute approximate surface area is 170 Å². The van der Waals surface area contributed by atoms with E-state index in [9.17, 15) is 9.59 Å². The van der Waals surface area contributed by atoms with E-state index in [0.29, 0.717) is 10.3 Å². The molecule has 0 spiro atoms. The van der Waals surface area contributed by atoms with Gasteiger partial charge in [-0.05, 0) is 49.5 Å². The fourth-order valence-corrected chi connectivity index (χ4v) is 5.49. The number of unbranched alkanes of at least 4 members (excludes halogenated alkanes) is 1. The van der Waals surface area contributed by atoms with Crippen LogP contribution in [-0.4, -0.2) is 41.6 Å². The second-order valence-electron chi connectivity index (χ2n) is 7.36. The van der Waals surface area contributed by atoms with Crippen molar-refractivity contribution in [1.82, 2.24) is 10.2 Å². The molecule has 6 heteroatoms. The predicted octanol–water partition coefficient (Wildman–Crippen LogP) is 4.34. The van der Waals surface area contributed by atoms with Crippen molar-refractivity contribution in [2.75, 3.05) is 13.6 Å². The maximum Gasteiger partial charge on any atom is 0.260 e. The summed E-state index contributed by atoms with van der Waals surface area (Å²) >= 11 is 7.72. The van der Waals surface area contributed by atoms with Crippen molar-refractivity contribution in [3.8, 4) is 0 Å². The summed E-state index contributed by atoms with van der Waals surface area (Å²) in [6.07, 6.45) is 6.60. The van der Waals surface area contributed by atoms with Crippen LogP contribution in [0.25, 0.3) is 6.08 Å². The van der Waals surface area contributed by atoms with E-state index in [1.54, 1.807) is 11.8 Å². The SMILES string of the molecule is CCCCNC(=O)C1CCC2S/C(=C\c3cccc(Cl)c3)C(=O)N(C)C2C1. The highest BCUT2D eigenvalue weighted by molar-refractivity contribution is 8.04. The number of carbonyl (C=O) groups excluding carboxylic acids is 2. The van der Waals surface area contributed by atoms with E-state index in [1.807, 2.05) is 42.3 Å². The van der Waals surface area contributed by atoms with Crippen LogP contribution in [0.15, 0.2) is 29.2 Å². The van der Waals surface area contributed by atoms with Gasteiger partial charge in [0.15, 0.2) is 0 Å². The monoisotopic (exact) mass is 406 g/mol. The van der Waals surface area contributed by atoms with E-state index >= 15 is 0 Å². The number of carbonyl (C=O) groups is 2. The van der Waals surface area contributed by atoms with Crippen LogP contribution in [0.2, 0.25) is 5.02 Å². The highest BCUT2D eigenvalue weighted by Gasteiger charge is 2.42. The summed E-state index contributed by atoms with van der Waals surface area (Å²) in [7, 11) is 1.86. The van der Waals surface area contributed by atoms with Gasteiger partial charge in [0.05, 0.1) is 4.91 Å². The van der Waals surface area contributed by atoms with Crippen molar-refractivity contribution in [1.29, 1.82) is 0 Å². The molecular weight excluding hydrogens is 380 g/mol. The highest BCUT2D eigenvalue weighted by atomic mass is 35.5. The zero-order valence-corrected chi connectivity index (χ0v) is 17.5. The zero-order valence-electron chi connectivity index (χ0n) is 15.9. The van der Waals surface area contributed by atoms with Crippen molar-refractivity contribution in [3.05, 3.63) is 39.8 Å². The number of nitrogens with zero attached hydrogens (tertiary/aromatic N) is 1. The van der Waals surface area contributed by atoms with Gasteiger partial charge >= 0.3 is 0 Å². The van der Waals surface area contributed by atoms with Gasteiger partial charge in [0, 0.05) is 35.8 Å². The Morgan fingerprint density at radius 2 is 2.22 bits per heavy atom. The Hall–Kier alpha value is -1.46. The Morgan fingerprint density at radius 1 is 1.41 bits per heavy atom. The van der Waals surface area contributed by atoms with Gasteiger partial charge in [0.2, 0.25) is 5.91 Å². The summed E-state index contributed by atoms with van der Waals surface area (Å²) in [6.45, 7) is 2.86. The lowest BCUT2D eigenvalue weighted by molar-refractivity contribution is -0.131. The minimum absolute atomic E-state index is 0.0115. The van der Waals surface area contributed by atoms with Crippen LogP contribution >= 0.6 is 23.4 Å². The molecule has 1 saturated carbocycles. The number of halogens is 1. The number of likely N-dealkylation sites (N-methyl/N-ethyl adjacent to an activating group) is 1. The lowest BCUT2D eigenvalue weighted by Crippen LogP contribution is -2.52. The maximum absolute atomic E-state index is 12.9. The van der Waals surface area contributed by atoms with Gasteiger partial charge in [-0.25, -0.2) is 0 Å². The van der Waals surface area contributed by atoms with E-state index in [2.05, 4.69) is 12.2 Å². The van der Waals surface area contributed by atoms with Crippen LogP contribution in [-0.2, 0) is 9.59 Å². The van der Waals surface area contributed by atoms with Gasteiger partial charge in [-0.2, -0.15) is 0 Å². The first-order valence-corrected chi connectivity index (χ1v) is 10.9. The smallest absolute Gasteiger partial charge is 0.260 e. The van der Waals surface area contributed by atoms with Crippen molar-refractivity contribution >= 4 is 41.3 Å². The third-order valence-electron chi connectivity index (χ3n) is 5.41. The zero-order chi connectivity index (χ0) is 19.4. The Bertz CT molecular complexity index is 737. The molecule has 4 nitrogen and oxygen atoms in total. The summed E-state index contributed by atoms with van der Waals surface area (Å²) in [5, 5.41) is 4.06. The molecular formula is C21H27ClN2O2S. The largest absolute Gasteiger partial charge is 0.356 e. The molecule has 1 saturated heterocycles. The second-order valence-corrected chi connectivity index (χ2v) is 9.08. The van der Waals surface area contributed by atoms with E-state index in [1.165, 1.54) is 0 Å². The van der Waals surface area contributed by atoms with Crippen LogP contribution in [0.4, 0.5) is 0 Å². The predicted molar refractivity (Wildman–Crippen MR) is 113 cm³/mol. The van der Waals surface area contributed by atoms with E-state index in [-0.39, 0.29) is 23.8 Å². The summed E-state index contributed by atoms with van der Waals surface area (Å²) in [6, 6.07) is 7.66. The molecule has 1 aliphatic heterocycles. The standard InChI is InChI=1S/C21H27ClN2O2S/c1-3-4-10-23-20(25)15-8-9-18-17(13-15)24(2)21(26)19(27-18)12-14-6-5-7-16(22)11-14/h5-7,11-12,15,17-18H,3-4,8-10,13H2,1-2H3,(H,23,25)/b19-12-. The molecule has 3 rings (SSSR count). The van der Waals surface area contributed by atoms with Crippen LogP contribution in [0.5, 0.6) is 0 Å². The van der Waals surface area contributed by atoms with Crippen LogP contribution < -0.4 is 5.32 Å². The average molecular weight is 407 g/mol. The molecule has 0 aromatic heterocycles. The topological polar surface area (TPSA) is 49.4 Å². The quantitative estimate of drug-likeness (QED) is 0.584. The number of nitrogens with one attached hydrogen (secondary N) is 1. The number of rotatable bonds is 5. The van der Waals surface area contributed by atoms with E-state index < -0.39 is 0 Å². The Kier molecular flexibility index (Phi) is 6.88. The Morgan fingerprint density at radius 3 is 2.96 bits per heavy atom. The minimum atomic E-state index is 0.0115. The van der Waals surface area contributed by atoms with E-state index in [0.717, 1.165) is 49.1 Å². The average Bonchev–Trinajstić information content (AvgIpc) is 2.66. The molecule has 27 heavy (non-hydrogen) atoms.